The zero-order valence-electron chi connectivity index (χ0n) is 13.7. The quantitative estimate of drug-likeness (QED) is 0.467. The number of hydrogen-bond donors (Lipinski definition) is 0. The van der Waals surface area contributed by atoms with Gasteiger partial charge in [0.15, 0.2) is 0 Å². The Morgan fingerprint density at radius 2 is 1.00 bits per heavy atom. The van der Waals surface area contributed by atoms with Gasteiger partial charge < -0.3 is 0 Å². The van der Waals surface area contributed by atoms with Crippen LogP contribution < -0.4 is 0 Å². The zero-order chi connectivity index (χ0) is 13.7. The van der Waals surface area contributed by atoms with E-state index in [9.17, 15) is 0 Å². The lowest BCUT2D eigenvalue weighted by molar-refractivity contribution is 0.135. The van der Waals surface area contributed by atoms with Gasteiger partial charge in [0.1, 0.15) is 0 Å². The van der Waals surface area contributed by atoms with E-state index in [1.165, 1.54) is 32.1 Å². The van der Waals surface area contributed by atoms with E-state index in [0.717, 1.165) is 11.8 Å². The van der Waals surface area contributed by atoms with Crippen LogP contribution in [0.2, 0.25) is 0 Å². The number of rotatable bonds is 8. The van der Waals surface area contributed by atoms with Crippen molar-refractivity contribution in [3.8, 4) is 0 Å². The monoisotopic (exact) mass is 240 g/mol. The summed E-state index contributed by atoms with van der Waals surface area (Å²) in [5.41, 5.74) is 0.985. The van der Waals surface area contributed by atoms with Crippen molar-refractivity contribution < 1.29 is 0 Å². The molecule has 0 radical (unpaired) electrons. The van der Waals surface area contributed by atoms with Gasteiger partial charge in [-0.05, 0) is 41.9 Å². The molecule has 0 spiro atoms. The lowest BCUT2D eigenvalue weighted by atomic mass is 9.68. The van der Waals surface area contributed by atoms with Crippen LogP contribution in [0.25, 0.3) is 0 Å². The van der Waals surface area contributed by atoms with Crippen LogP contribution in [0.4, 0.5) is 0 Å². The van der Waals surface area contributed by atoms with Crippen LogP contribution in [-0.4, -0.2) is 0 Å². The van der Waals surface area contributed by atoms with Crippen LogP contribution in [0.5, 0.6) is 0 Å². The Hall–Kier alpha value is 0. The maximum atomic E-state index is 2.46. The predicted molar refractivity (Wildman–Crippen MR) is 80.3 cm³/mol. The van der Waals surface area contributed by atoms with Crippen molar-refractivity contribution in [1.82, 2.24) is 0 Å². The molecule has 0 aromatic carbocycles. The molecule has 0 aliphatic heterocycles. The summed E-state index contributed by atoms with van der Waals surface area (Å²) in [5.74, 6) is 1.73. The molecular formula is C17H36. The lowest BCUT2D eigenvalue weighted by Crippen LogP contribution is -2.26. The van der Waals surface area contributed by atoms with Gasteiger partial charge in [-0.25, -0.2) is 0 Å². The van der Waals surface area contributed by atoms with E-state index in [-0.39, 0.29) is 0 Å². The molecule has 0 saturated carbocycles. The molecule has 0 heterocycles. The molecule has 2 atom stereocenters. The van der Waals surface area contributed by atoms with Gasteiger partial charge in [0.25, 0.3) is 0 Å². The third-order valence-electron chi connectivity index (χ3n) is 4.15. The van der Waals surface area contributed by atoms with Gasteiger partial charge in [0.2, 0.25) is 0 Å². The summed E-state index contributed by atoms with van der Waals surface area (Å²) >= 11 is 0. The summed E-state index contributed by atoms with van der Waals surface area (Å²) in [6.45, 7) is 19.2. The highest BCUT2D eigenvalue weighted by atomic mass is 14.4. The van der Waals surface area contributed by atoms with Crippen LogP contribution in [0.15, 0.2) is 0 Å². The standard InChI is InChI=1S/C17H36/c1-9-14(3)11-16(5,6)13-17(7,8)12-15(4)10-2/h14-15H,9-13H2,1-8H3. The maximum Gasteiger partial charge on any atom is -0.0347 e. The van der Waals surface area contributed by atoms with Crippen LogP contribution in [-0.2, 0) is 0 Å². The van der Waals surface area contributed by atoms with Gasteiger partial charge >= 0.3 is 0 Å². The molecule has 0 aliphatic rings. The van der Waals surface area contributed by atoms with E-state index >= 15 is 0 Å². The largest absolute Gasteiger partial charge is 0.0651 e. The normalized spacial score (nSPS) is 16.9. The van der Waals surface area contributed by atoms with Crippen LogP contribution >= 0.6 is 0 Å². The van der Waals surface area contributed by atoms with Crippen LogP contribution in [0, 0.1) is 22.7 Å². The highest BCUT2D eigenvalue weighted by Crippen LogP contribution is 2.42. The summed E-state index contributed by atoms with van der Waals surface area (Å²) in [5, 5.41) is 0. The van der Waals surface area contributed by atoms with Gasteiger partial charge in [-0.15, -0.1) is 0 Å². The van der Waals surface area contributed by atoms with E-state index in [1.54, 1.807) is 0 Å². The fourth-order valence-electron chi connectivity index (χ4n) is 3.62. The third kappa shape index (κ3) is 7.84. The molecule has 0 heteroatoms. The average Bonchev–Trinajstić information content (AvgIpc) is 2.13. The van der Waals surface area contributed by atoms with E-state index in [1.807, 2.05) is 0 Å². The maximum absolute atomic E-state index is 2.46. The van der Waals surface area contributed by atoms with Gasteiger partial charge in [0, 0.05) is 0 Å². The SMILES string of the molecule is CCC(C)CC(C)(C)CC(C)(C)CC(C)CC. The molecular weight excluding hydrogens is 204 g/mol. The van der Waals surface area contributed by atoms with E-state index in [4.69, 9.17) is 0 Å². The topological polar surface area (TPSA) is 0 Å². The minimum Gasteiger partial charge on any atom is -0.0651 e. The van der Waals surface area contributed by atoms with Crippen molar-refractivity contribution in [3.05, 3.63) is 0 Å². The Bertz CT molecular complexity index is 178. The first-order chi connectivity index (χ1) is 7.62. The van der Waals surface area contributed by atoms with Crippen molar-refractivity contribution in [2.45, 2.75) is 87.5 Å². The van der Waals surface area contributed by atoms with Gasteiger partial charge in [-0.3, -0.25) is 0 Å². The van der Waals surface area contributed by atoms with Crippen LogP contribution in [0.3, 0.4) is 0 Å². The highest BCUT2D eigenvalue weighted by Gasteiger charge is 2.30. The molecule has 0 bridgehead atoms. The van der Waals surface area contributed by atoms with Crippen molar-refractivity contribution in [3.63, 3.8) is 0 Å². The number of hydrogen-bond acceptors (Lipinski definition) is 0. The first-order valence-electron chi connectivity index (χ1n) is 7.62. The molecule has 0 amide bonds. The molecule has 17 heavy (non-hydrogen) atoms. The highest BCUT2D eigenvalue weighted by molar-refractivity contribution is 4.81. The summed E-state index contributed by atoms with van der Waals surface area (Å²) in [6, 6.07) is 0. The Morgan fingerprint density at radius 3 is 1.24 bits per heavy atom. The summed E-state index contributed by atoms with van der Waals surface area (Å²) in [4.78, 5) is 0. The van der Waals surface area contributed by atoms with Crippen molar-refractivity contribution in [1.29, 1.82) is 0 Å². The summed E-state index contributed by atoms with van der Waals surface area (Å²) < 4.78 is 0. The Labute approximate surface area is 111 Å². The van der Waals surface area contributed by atoms with Gasteiger partial charge in [-0.2, -0.15) is 0 Å². The third-order valence-corrected chi connectivity index (χ3v) is 4.15. The Kier molecular flexibility index (Phi) is 6.81. The molecule has 0 fully saturated rings. The second-order valence-electron chi connectivity index (χ2n) is 7.94. The van der Waals surface area contributed by atoms with Crippen molar-refractivity contribution in [2.24, 2.45) is 22.7 Å². The second kappa shape index (κ2) is 6.81. The molecule has 0 aliphatic carbocycles. The van der Waals surface area contributed by atoms with E-state index in [2.05, 4.69) is 55.4 Å². The van der Waals surface area contributed by atoms with Crippen LogP contribution in [0.1, 0.15) is 87.5 Å². The fraction of sp³-hybridized carbons (Fsp3) is 1.00. The van der Waals surface area contributed by atoms with Gasteiger partial charge in [0.05, 0.1) is 0 Å². The minimum atomic E-state index is 0.492. The first kappa shape index (κ1) is 17.0. The molecule has 0 N–H and O–H groups in total. The minimum absolute atomic E-state index is 0.492. The van der Waals surface area contributed by atoms with Gasteiger partial charge in [-0.1, -0.05) is 68.2 Å². The van der Waals surface area contributed by atoms with Crippen molar-refractivity contribution >= 4 is 0 Å². The molecule has 104 valence electrons. The molecule has 2 unspecified atom stereocenters. The molecule has 0 saturated heterocycles. The first-order valence-corrected chi connectivity index (χ1v) is 7.62. The average molecular weight is 240 g/mol. The molecule has 0 aromatic rings. The zero-order valence-corrected chi connectivity index (χ0v) is 13.7. The fourth-order valence-corrected chi connectivity index (χ4v) is 3.62. The summed E-state index contributed by atoms with van der Waals surface area (Å²) in [6.07, 6.45) is 6.72. The smallest absolute Gasteiger partial charge is 0.0347 e. The summed E-state index contributed by atoms with van der Waals surface area (Å²) in [7, 11) is 0. The lowest BCUT2D eigenvalue weighted by Gasteiger charge is -2.38. The van der Waals surface area contributed by atoms with E-state index < -0.39 is 0 Å². The van der Waals surface area contributed by atoms with Crippen molar-refractivity contribution in [2.75, 3.05) is 0 Å². The molecule has 0 rings (SSSR count). The Morgan fingerprint density at radius 1 is 0.706 bits per heavy atom. The second-order valence-corrected chi connectivity index (χ2v) is 7.94. The molecule has 0 nitrogen and oxygen atoms in total. The predicted octanol–water partition coefficient (Wildman–Crippen LogP) is 6.30. The molecule has 0 aromatic heterocycles. The van der Waals surface area contributed by atoms with E-state index in [0.29, 0.717) is 10.8 Å². The Balaban J connectivity index is 4.36.